The van der Waals surface area contributed by atoms with Crippen LogP contribution in [-0.2, 0) is 19.6 Å². The molecule has 0 spiro atoms. The van der Waals surface area contributed by atoms with E-state index in [9.17, 15) is 14.4 Å². The van der Waals surface area contributed by atoms with E-state index >= 15 is 0 Å². The Labute approximate surface area is 222 Å². The summed E-state index contributed by atoms with van der Waals surface area (Å²) < 4.78 is 4.45. The number of carbonyl (C=O) groups is 1. The Morgan fingerprint density at radius 1 is 0.974 bits per heavy atom. The Hall–Kier alpha value is -4.01. The number of allylic oxidation sites excluding steroid dienone is 2. The smallest absolute Gasteiger partial charge is 0.333 e. The van der Waals surface area contributed by atoms with Crippen molar-refractivity contribution in [1.82, 2.24) is 24.1 Å². The lowest BCUT2D eigenvalue weighted by Crippen LogP contribution is -2.52. The van der Waals surface area contributed by atoms with Crippen LogP contribution in [0.4, 0.5) is 5.82 Å². The number of hydrogen-bond donors (Lipinski definition) is 0. The minimum absolute atomic E-state index is 0.0531. The second-order valence-corrected chi connectivity index (χ2v) is 9.64. The summed E-state index contributed by atoms with van der Waals surface area (Å²) in [6.07, 6.45) is 9.75. The highest BCUT2D eigenvalue weighted by Gasteiger charge is 2.36. The molecule has 9 heteroatoms. The minimum Gasteiger partial charge on any atom is -0.354 e. The summed E-state index contributed by atoms with van der Waals surface area (Å²) in [5, 5.41) is 8.55. The van der Waals surface area contributed by atoms with E-state index in [4.69, 9.17) is 0 Å². The number of benzene rings is 1. The number of ketones is 1. The molecule has 1 aliphatic heterocycles. The maximum atomic E-state index is 13.3. The van der Waals surface area contributed by atoms with Crippen LogP contribution in [-0.4, -0.2) is 42.5 Å². The molecule has 1 aromatic carbocycles. The number of aryl methyl sites for hydroxylation is 1. The summed E-state index contributed by atoms with van der Waals surface area (Å²) in [5.74, 6) is 0.235. The molecule has 1 atom stereocenters. The minimum atomic E-state index is -0.537. The number of hydrogen-bond acceptors (Lipinski definition) is 6. The number of nitrogens with zero attached hydrogens (tertiary/aromatic N) is 6. The molecule has 3 aromatic rings. The van der Waals surface area contributed by atoms with Gasteiger partial charge in [-0.1, -0.05) is 67.5 Å². The molecule has 0 radical (unpaired) electrons. The molecule has 0 amide bonds. The molecule has 0 saturated heterocycles. The van der Waals surface area contributed by atoms with Crippen LogP contribution in [0, 0.1) is 0 Å². The first kappa shape index (κ1) is 27.0. The number of anilines is 1. The van der Waals surface area contributed by atoms with Crippen molar-refractivity contribution in [3.8, 4) is 11.3 Å². The van der Waals surface area contributed by atoms with Crippen LogP contribution >= 0.6 is 0 Å². The van der Waals surface area contributed by atoms with Gasteiger partial charge in [0, 0.05) is 44.2 Å². The van der Waals surface area contributed by atoms with Gasteiger partial charge in [0.1, 0.15) is 17.1 Å². The monoisotopic (exact) mass is 516 g/mol. The van der Waals surface area contributed by atoms with Gasteiger partial charge < -0.3 is 4.90 Å². The Balaban J connectivity index is 1.59. The number of Topliss-reactive ketones (excluding diaryl/α,β-unsaturated/α-hetero) is 1. The summed E-state index contributed by atoms with van der Waals surface area (Å²) in [6.45, 7) is 11.2. The van der Waals surface area contributed by atoms with Gasteiger partial charge in [0.15, 0.2) is 5.78 Å². The highest BCUT2D eigenvalue weighted by atomic mass is 16.2. The Kier molecular flexibility index (Phi) is 8.89. The van der Waals surface area contributed by atoms with Gasteiger partial charge in [0.25, 0.3) is 5.56 Å². The molecule has 4 rings (SSSR count). The van der Waals surface area contributed by atoms with E-state index in [1.807, 2.05) is 41.2 Å². The van der Waals surface area contributed by atoms with E-state index in [-0.39, 0.29) is 36.9 Å². The molecular weight excluding hydrogens is 480 g/mol. The lowest BCUT2D eigenvalue weighted by Gasteiger charge is -2.39. The molecule has 0 aliphatic carbocycles. The first-order valence-electron chi connectivity index (χ1n) is 13.3. The maximum Gasteiger partial charge on any atom is 0.333 e. The maximum absolute atomic E-state index is 13.3. The largest absolute Gasteiger partial charge is 0.354 e. The van der Waals surface area contributed by atoms with Gasteiger partial charge in [-0.05, 0) is 19.3 Å². The summed E-state index contributed by atoms with van der Waals surface area (Å²) in [5.41, 5.74) is 0.973. The predicted octanol–water partition coefficient (Wildman–Crippen LogP) is 4.07. The van der Waals surface area contributed by atoms with E-state index in [0.29, 0.717) is 18.9 Å². The van der Waals surface area contributed by atoms with Gasteiger partial charge in [-0.3, -0.25) is 23.4 Å². The van der Waals surface area contributed by atoms with Gasteiger partial charge in [-0.15, -0.1) is 18.3 Å². The Morgan fingerprint density at radius 2 is 1.68 bits per heavy atom. The second-order valence-electron chi connectivity index (χ2n) is 9.64. The molecule has 0 bridgehead atoms. The van der Waals surface area contributed by atoms with Gasteiger partial charge >= 0.3 is 5.69 Å². The SMILES string of the molecule is C=CCn1c2c(c(=O)n(CC=C)c1=O)C(=O)CC(CCCC)N2CCCCn1cc(-c2ccccc2)nn1. The van der Waals surface area contributed by atoms with Crippen molar-refractivity contribution in [2.45, 2.75) is 71.1 Å². The lowest BCUT2D eigenvalue weighted by atomic mass is 9.93. The van der Waals surface area contributed by atoms with E-state index < -0.39 is 11.2 Å². The second kappa shape index (κ2) is 12.5. The molecule has 0 N–H and O–H groups in total. The molecule has 0 saturated carbocycles. The van der Waals surface area contributed by atoms with Gasteiger partial charge in [-0.2, -0.15) is 0 Å². The first-order valence-corrected chi connectivity index (χ1v) is 13.3. The third-order valence-electron chi connectivity index (χ3n) is 6.97. The zero-order valence-electron chi connectivity index (χ0n) is 22.1. The number of unbranched alkanes of at least 4 members (excludes halogenated alkanes) is 2. The summed E-state index contributed by atoms with van der Waals surface area (Å²) in [6, 6.07) is 9.87. The molecule has 2 aromatic heterocycles. The highest BCUT2D eigenvalue weighted by molar-refractivity contribution is 6.02. The van der Waals surface area contributed by atoms with Crippen molar-refractivity contribution in [2.75, 3.05) is 11.4 Å². The lowest BCUT2D eigenvalue weighted by molar-refractivity contribution is 0.0959. The van der Waals surface area contributed by atoms with Crippen LogP contribution in [0.2, 0.25) is 0 Å². The zero-order chi connectivity index (χ0) is 27.1. The van der Waals surface area contributed by atoms with Crippen molar-refractivity contribution >= 4 is 11.6 Å². The van der Waals surface area contributed by atoms with E-state index in [0.717, 1.165) is 47.9 Å². The fourth-order valence-corrected chi connectivity index (χ4v) is 5.11. The van der Waals surface area contributed by atoms with Crippen LogP contribution in [0.15, 0.2) is 71.4 Å². The normalized spacial score (nSPS) is 14.9. The molecule has 200 valence electrons. The molecule has 9 nitrogen and oxygen atoms in total. The standard InChI is InChI=1S/C29H36N6O3/c1-4-7-15-23-20-25(36)26-27(34(16-5-2)29(38)35(17-6-3)28(26)37)33(23)19-12-11-18-32-21-24(30-31-32)22-13-9-8-10-14-22/h5-6,8-10,13-14,21,23H,2-4,7,11-12,15-20H2,1H3. The van der Waals surface area contributed by atoms with Gasteiger partial charge in [0.2, 0.25) is 0 Å². The number of fused-ring (bicyclic) bond motifs is 1. The van der Waals surface area contributed by atoms with E-state index in [1.54, 1.807) is 6.08 Å². The van der Waals surface area contributed by atoms with Crippen LogP contribution in [0.1, 0.15) is 55.8 Å². The van der Waals surface area contributed by atoms with E-state index in [2.05, 4.69) is 35.3 Å². The summed E-state index contributed by atoms with van der Waals surface area (Å²) in [4.78, 5) is 42.0. The third-order valence-corrected chi connectivity index (χ3v) is 6.97. The average molecular weight is 517 g/mol. The number of rotatable bonds is 13. The summed E-state index contributed by atoms with van der Waals surface area (Å²) >= 11 is 0. The van der Waals surface area contributed by atoms with Crippen molar-refractivity contribution in [3.05, 3.63) is 88.2 Å². The van der Waals surface area contributed by atoms with Crippen LogP contribution in [0.5, 0.6) is 0 Å². The fraction of sp³-hybridized carbons (Fsp3) is 0.414. The van der Waals surface area contributed by atoms with Gasteiger partial charge in [-0.25, -0.2) is 4.79 Å². The van der Waals surface area contributed by atoms with Crippen molar-refractivity contribution in [1.29, 1.82) is 0 Å². The molecule has 1 aliphatic rings. The fourth-order valence-electron chi connectivity index (χ4n) is 5.11. The van der Waals surface area contributed by atoms with E-state index in [1.165, 1.54) is 10.6 Å². The van der Waals surface area contributed by atoms with Crippen molar-refractivity contribution in [2.24, 2.45) is 0 Å². The highest BCUT2D eigenvalue weighted by Crippen LogP contribution is 2.31. The third kappa shape index (κ3) is 5.61. The molecular formula is C29H36N6O3. The van der Waals surface area contributed by atoms with Crippen LogP contribution in [0.3, 0.4) is 0 Å². The quantitative estimate of drug-likeness (QED) is 0.251. The Bertz CT molecular complexity index is 1400. The number of aromatic nitrogens is 5. The summed E-state index contributed by atoms with van der Waals surface area (Å²) in [7, 11) is 0. The predicted molar refractivity (Wildman–Crippen MR) is 150 cm³/mol. The van der Waals surface area contributed by atoms with Crippen molar-refractivity contribution < 1.29 is 4.79 Å². The molecule has 1 unspecified atom stereocenters. The number of carbonyl (C=O) groups excluding carboxylic acids is 1. The average Bonchev–Trinajstić information content (AvgIpc) is 3.40. The van der Waals surface area contributed by atoms with Crippen molar-refractivity contribution in [3.63, 3.8) is 0 Å². The molecule has 3 heterocycles. The molecule has 0 fully saturated rings. The Morgan fingerprint density at radius 3 is 2.39 bits per heavy atom. The van der Waals surface area contributed by atoms with Crippen LogP contribution < -0.4 is 16.1 Å². The topological polar surface area (TPSA) is 95.0 Å². The van der Waals surface area contributed by atoms with Gasteiger partial charge in [0.05, 0.1) is 6.20 Å². The molecule has 38 heavy (non-hydrogen) atoms. The zero-order valence-corrected chi connectivity index (χ0v) is 22.1. The first-order chi connectivity index (χ1) is 18.5. The van der Waals surface area contributed by atoms with Crippen LogP contribution in [0.25, 0.3) is 11.3 Å².